The highest BCUT2D eigenvalue weighted by Gasteiger charge is 2.07. The van der Waals surface area contributed by atoms with Gasteiger partial charge in [0.1, 0.15) is 0 Å². The Morgan fingerprint density at radius 1 is 1.35 bits per heavy atom. The first-order chi connectivity index (χ1) is 8.18. The van der Waals surface area contributed by atoms with Crippen LogP contribution in [0.5, 0.6) is 0 Å². The maximum absolute atomic E-state index is 11.5. The molecule has 0 unspecified atom stereocenters. The topological polar surface area (TPSA) is 46.1 Å². The molecule has 4 nitrogen and oxygen atoms in total. The fraction of sp³-hybridized carbons (Fsp3) is 0.250. The highest BCUT2D eigenvalue weighted by Crippen LogP contribution is 2.25. The van der Waals surface area contributed by atoms with Crippen LogP contribution in [0.2, 0.25) is 0 Å². The summed E-state index contributed by atoms with van der Waals surface area (Å²) >= 11 is 1.49. The van der Waals surface area contributed by atoms with E-state index in [1.807, 2.05) is 24.3 Å². The molecule has 0 aliphatic carbocycles. The van der Waals surface area contributed by atoms with E-state index in [2.05, 4.69) is 10.2 Å². The molecule has 0 bridgehead atoms. The van der Waals surface area contributed by atoms with Crippen LogP contribution >= 0.6 is 11.8 Å². The minimum absolute atomic E-state index is 0.0934. The molecule has 1 aromatic carbocycles. The number of carbonyl (C=O) groups excluding carboxylic acids is 1. The van der Waals surface area contributed by atoms with Crippen LogP contribution in [0.15, 0.2) is 35.4 Å². The second kappa shape index (κ2) is 5.14. The molecule has 17 heavy (non-hydrogen) atoms. The quantitative estimate of drug-likeness (QED) is 0.776. The van der Waals surface area contributed by atoms with Crippen molar-refractivity contribution >= 4 is 28.6 Å². The summed E-state index contributed by atoms with van der Waals surface area (Å²) in [6, 6.07) is 7.80. The van der Waals surface area contributed by atoms with Crippen molar-refractivity contribution in [2.45, 2.75) is 4.90 Å². The molecule has 0 N–H and O–H groups in total. The van der Waals surface area contributed by atoms with E-state index in [1.165, 1.54) is 11.8 Å². The van der Waals surface area contributed by atoms with Crippen LogP contribution in [0.4, 0.5) is 0 Å². The van der Waals surface area contributed by atoms with Gasteiger partial charge in [-0.15, -0.1) is 11.8 Å². The standard InChI is InChI=1S/C12H13N3OS/c1-15(2)12(16)8-17-11-7-13-14-10-6-4-3-5-9(10)11/h3-7H,8H2,1-2H3. The van der Waals surface area contributed by atoms with Gasteiger partial charge in [0.2, 0.25) is 5.91 Å². The summed E-state index contributed by atoms with van der Waals surface area (Å²) in [6.45, 7) is 0. The fourth-order valence-corrected chi connectivity index (χ4v) is 2.35. The van der Waals surface area contributed by atoms with Gasteiger partial charge < -0.3 is 4.90 Å². The zero-order chi connectivity index (χ0) is 12.3. The zero-order valence-corrected chi connectivity index (χ0v) is 10.6. The lowest BCUT2D eigenvalue weighted by Crippen LogP contribution is -2.23. The number of amides is 1. The molecule has 88 valence electrons. The summed E-state index contributed by atoms with van der Waals surface area (Å²) in [5, 5.41) is 9.03. The molecule has 2 aromatic rings. The van der Waals surface area contributed by atoms with Gasteiger partial charge in [-0.1, -0.05) is 18.2 Å². The molecule has 2 rings (SSSR count). The first-order valence-electron chi connectivity index (χ1n) is 5.22. The van der Waals surface area contributed by atoms with Gasteiger partial charge in [-0.05, 0) is 6.07 Å². The average Bonchev–Trinajstić information content (AvgIpc) is 2.35. The predicted octanol–water partition coefficient (Wildman–Crippen LogP) is 1.81. The van der Waals surface area contributed by atoms with Gasteiger partial charge in [-0.25, -0.2) is 0 Å². The first kappa shape index (κ1) is 11.9. The van der Waals surface area contributed by atoms with Crippen LogP contribution in [0.25, 0.3) is 10.9 Å². The van der Waals surface area contributed by atoms with E-state index in [0.29, 0.717) is 5.75 Å². The summed E-state index contributed by atoms with van der Waals surface area (Å²) in [7, 11) is 3.51. The number of thioether (sulfide) groups is 1. The summed E-state index contributed by atoms with van der Waals surface area (Å²) in [5.41, 5.74) is 0.856. The number of aromatic nitrogens is 2. The van der Waals surface area contributed by atoms with E-state index in [4.69, 9.17) is 0 Å². The molecule has 0 saturated carbocycles. The highest BCUT2D eigenvalue weighted by atomic mass is 32.2. The Labute approximate surface area is 104 Å². The van der Waals surface area contributed by atoms with E-state index in [9.17, 15) is 4.79 Å². The van der Waals surface area contributed by atoms with Crippen molar-refractivity contribution in [1.29, 1.82) is 0 Å². The van der Waals surface area contributed by atoms with Crippen LogP contribution in [0.3, 0.4) is 0 Å². The van der Waals surface area contributed by atoms with Gasteiger partial charge in [-0.2, -0.15) is 10.2 Å². The lowest BCUT2D eigenvalue weighted by molar-refractivity contribution is -0.125. The van der Waals surface area contributed by atoms with E-state index < -0.39 is 0 Å². The largest absolute Gasteiger partial charge is 0.348 e. The maximum atomic E-state index is 11.5. The van der Waals surface area contributed by atoms with E-state index in [0.717, 1.165) is 15.8 Å². The third-order valence-corrected chi connectivity index (χ3v) is 3.39. The van der Waals surface area contributed by atoms with Crippen LogP contribution in [0, 0.1) is 0 Å². The monoisotopic (exact) mass is 247 g/mol. The van der Waals surface area contributed by atoms with Gasteiger partial charge in [-0.3, -0.25) is 4.79 Å². The van der Waals surface area contributed by atoms with Crippen LogP contribution in [-0.4, -0.2) is 40.9 Å². The zero-order valence-electron chi connectivity index (χ0n) is 9.75. The van der Waals surface area contributed by atoms with Crippen molar-refractivity contribution in [3.05, 3.63) is 30.5 Å². The Bertz CT molecular complexity index is 537. The minimum atomic E-state index is 0.0934. The number of rotatable bonds is 3. The molecule has 0 spiro atoms. The summed E-state index contributed by atoms with van der Waals surface area (Å²) in [4.78, 5) is 14.1. The molecule has 0 aliphatic heterocycles. The van der Waals surface area contributed by atoms with Crippen LogP contribution in [-0.2, 0) is 4.79 Å². The summed E-state index contributed by atoms with van der Waals surface area (Å²) in [5.74, 6) is 0.513. The fourth-order valence-electron chi connectivity index (χ4n) is 1.37. The van der Waals surface area contributed by atoms with Crippen molar-refractivity contribution in [2.24, 2.45) is 0 Å². The van der Waals surface area contributed by atoms with Gasteiger partial charge in [0.15, 0.2) is 0 Å². The highest BCUT2D eigenvalue weighted by molar-refractivity contribution is 8.00. The minimum Gasteiger partial charge on any atom is -0.348 e. The van der Waals surface area contributed by atoms with Crippen molar-refractivity contribution in [3.8, 4) is 0 Å². The van der Waals surface area contributed by atoms with E-state index in [1.54, 1.807) is 25.2 Å². The van der Waals surface area contributed by atoms with Crippen molar-refractivity contribution < 1.29 is 4.79 Å². The SMILES string of the molecule is CN(C)C(=O)CSc1cnnc2ccccc12. The smallest absolute Gasteiger partial charge is 0.232 e. The number of benzene rings is 1. The van der Waals surface area contributed by atoms with E-state index >= 15 is 0 Å². The van der Waals surface area contributed by atoms with Gasteiger partial charge in [0.05, 0.1) is 17.5 Å². The maximum Gasteiger partial charge on any atom is 0.232 e. The lowest BCUT2D eigenvalue weighted by atomic mass is 10.2. The molecule has 1 amide bonds. The van der Waals surface area contributed by atoms with Gasteiger partial charge in [0, 0.05) is 24.4 Å². The number of fused-ring (bicyclic) bond motifs is 1. The van der Waals surface area contributed by atoms with Crippen molar-refractivity contribution in [3.63, 3.8) is 0 Å². The normalized spacial score (nSPS) is 10.5. The Balaban J connectivity index is 2.21. The van der Waals surface area contributed by atoms with Gasteiger partial charge >= 0.3 is 0 Å². The molecule has 1 aromatic heterocycles. The van der Waals surface area contributed by atoms with Gasteiger partial charge in [0.25, 0.3) is 0 Å². The third-order valence-electron chi connectivity index (χ3n) is 2.36. The van der Waals surface area contributed by atoms with Crippen molar-refractivity contribution in [1.82, 2.24) is 15.1 Å². The van der Waals surface area contributed by atoms with Crippen molar-refractivity contribution in [2.75, 3.05) is 19.8 Å². The molecule has 0 aliphatic rings. The summed E-state index contributed by atoms with van der Waals surface area (Å²) < 4.78 is 0. The molecule has 0 saturated heterocycles. The molecular weight excluding hydrogens is 234 g/mol. The Kier molecular flexibility index (Phi) is 3.58. The van der Waals surface area contributed by atoms with Crippen LogP contribution < -0.4 is 0 Å². The molecule has 0 radical (unpaired) electrons. The Hall–Kier alpha value is -1.62. The number of hydrogen-bond acceptors (Lipinski definition) is 4. The number of nitrogens with zero attached hydrogens (tertiary/aromatic N) is 3. The average molecular weight is 247 g/mol. The third kappa shape index (κ3) is 2.74. The van der Waals surface area contributed by atoms with E-state index in [-0.39, 0.29) is 5.91 Å². The second-order valence-corrected chi connectivity index (χ2v) is 4.82. The Morgan fingerprint density at radius 2 is 2.12 bits per heavy atom. The molecule has 0 fully saturated rings. The second-order valence-electron chi connectivity index (χ2n) is 3.80. The molecule has 1 heterocycles. The molecule has 5 heteroatoms. The first-order valence-corrected chi connectivity index (χ1v) is 6.20. The number of carbonyl (C=O) groups is 1. The predicted molar refractivity (Wildman–Crippen MR) is 69.0 cm³/mol. The molecule has 0 atom stereocenters. The Morgan fingerprint density at radius 3 is 2.88 bits per heavy atom. The lowest BCUT2D eigenvalue weighted by Gasteiger charge is -2.10. The molecular formula is C12H13N3OS. The summed E-state index contributed by atoms with van der Waals surface area (Å²) in [6.07, 6.45) is 1.70. The number of hydrogen-bond donors (Lipinski definition) is 0. The van der Waals surface area contributed by atoms with Crippen LogP contribution in [0.1, 0.15) is 0 Å².